The van der Waals surface area contributed by atoms with Crippen molar-refractivity contribution in [2.45, 2.75) is 78.1 Å². The molecule has 0 aliphatic heterocycles. The Labute approximate surface area is 233 Å². The van der Waals surface area contributed by atoms with E-state index in [0.717, 1.165) is 16.7 Å². The third kappa shape index (κ3) is 3.99. The summed E-state index contributed by atoms with van der Waals surface area (Å²) in [4.78, 5) is 51.6. The summed E-state index contributed by atoms with van der Waals surface area (Å²) in [5.41, 5.74) is 1.32. The Morgan fingerprint density at radius 2 is 1.80 bits per heavy atom. The summed E-state index contributed by atoms with van der Waals surface area (Å²) in [6.07, 6.45) is 1.16. The first kappa shape index (κ1) is 28.3. The Kier molecular flexibility index (Phi) is 6.88. The van der Waals surface area contributed by atoms with Gasteiger partial charge in [0.05, 0.1) is 32.2 Å². The second-order valence-corrected chi connectivity index (χ2v) is 12.5. The summed E-state index contributed by atoms with van der Waals surface area (Å²) in [6.45, 7) is 12.6. The Morgan fingerprint density at radius 3 is 2.38 bits per heavy atom. The number of ketones is 1. The van der Waals surface area contributed by atoms with Crippen LogP contribution in [-0.2, 0) is 33.4 Å². The van der Waals surface area contributed by atoms with Crippen LogP contribution in [0.1, 0.15) is 65.4 Å². The van der Waals surface area contributed by atoms with Gasteiger partial charge in [-0.05, 0) is 30.0 Å². The number of carbonyl (C=O) groups excluding carboxylic acids is 4. The lowest BCUT2D eigenvalue weighted by Crippen LogP contribution is -2.57. The molecule has 0 radical (unpaired) electrons. The minimum atomic E-state index is -0.939. The van der Waals surface area contributed by atoms with Gasteiger partial charge in [-0.15, -0.1) is 0 Å². The van der Waals surface area contributed by atoms with E-state index in [4.69, 9.17) is 18.6 Å². The predicted molar refractivity (Wildman–Crippen MR) is 141 cm³/mol. The molecule has 0 aromatic carbocycles. The zero-order valence-electron chi connectivity index (χ0n) is 23.9. The van der Waals surface area contributed by atoms with Crippen LogP contribution in [0.4, 0.5) is 0 Å². The van der Waals surface area contributed by atoms with Crippen molar-refractivity contribution in [2.75, 3.05) is 7.11 Å². The van der Waals surface area contributed by atoms with E-state index in [1.165, 1.54) is 21.0 Å². The highest BCUT2D eigenvalue weighted by Crippen LogP contribution is 2.67. The number of fused-ring (bicyclic) bond motifs is 4. The third-order valence-electron chi connectivity index (χ3n) is 10.2. The van der Waals surface area contributed by atoms with Crippen molar-refractivity contribution in [1.29, 1.82) is 0 Å². The summed E-state index contributed by atoms with van der Waals surface area (Å²) < 4.78 is 22.4. The van der Waals surface area contributed by atoms with Crippen LogP contribution in [0.25, 0.3) is 0 Å². The first-order valence-corrected chi connectivity index (χ1v) is 13.8. The Hall–Kier alpha value is -3.20. The van der Waals surface area contributed by atoms with Gasteiger partial charge >= 0.3 is 17.9 Å². The minimum Gasteiger partial charge on any atom is -0.472 e. The van der Waals surface area contributed by atoms with Gasteiger partial charge in [-0.3, -0.25) is 19.2 Å². The van der Waals surface area contributed by atoms with Crippen molar-refractivity contribution >= 4 is 23.7 Å². The molecule has 1 heterocycles. The van der Waals surface area contributed by atoms with Crippen LogP contribution in [0.2, 0.25) is 0 Å². The Balaban J connectivity index is 1.73. The van der Waals surface area contributed by atoms with E-state index in [1.54, 1.807) is 12.5 Å². The first-order valence-electron chi connectivity index (χ1n) is 13.8. The molecular formula is C31H38O9. The maximum Gasteiger partial charge on any atom is 0.306 e. The van der Waals surface area contributed by atoms with Crippen molar-refractivity contribution in [3.8, 4) is 0 Å². The number of methoxy groups -OCH3 is 1. The van der Waals surface area contributed by atoms with Crippen LogP contribution < -0.4 is 0 Å². The second kappa shape index (κ2) is 9.72. The van der Waals surface area contributed by atoms with Gasteiger partial charge < -0.3 is 23.7 Å². The van der Waals surface area contributed by atoms with Gasteiger partial charge in [0.2, 0.25) is 0 Å². The predicted octanol–water partition coefficient (Wildman–Crippen LogP) is 3.90. The fourth-order valence-corrected chi connectivity index (χ4v) is 8.61. The quantitative estimate of drug-likeness (QED) is 0.327. The summed E-state index contributed by atoms with van der Waals surface area (Å²) in [5, 5.41) is 11.6. The zero-order chi connectivity index (χ0) is 29.3. The van der Waals surface area contributed by atoms with E-state index in [9.17, 15) is 24.3 Å². The Morgan fingerprint density at radius 1 is 1.12 bits per heavy atom. The van der Waals surface area contributed by atoms with E-state index in [0.29, 0.717) is 18.4 Å². The summed E-state index contributed by atoms with van der Waals surface area (Å²) in [6, 6.07) is 1.83. The van der Waals surface area contributed by atoms with E-state index >= 15 is 0 Å². The normalized spacial score (nSPS) is 37.9. The molecule has 0 unspecified atom stereocenters. The molecule has 1 aromatic rings. The maximum absolute atomic E-state index is 14.1. The van der Waals surface area contributed by atoms with Gasteiger partial charge in [0.1, 0.15) is 18.0 Å². The number of aliphatic hydroxyl groups excluding tert-OH is 1. The van der Waals surface area contributed by atoms with Crippen LogP contribution in [0.3, 0.4) is 0 Å². The second-order valence-electron chi connectivity index (χ2n) is 12.5. The summed E-state index contributed by atoms with van der Waals surface area (Å²) in [7, 11) is 1.31. The number of ether oxygens (including phenoxy) is 3. The monoisotopic (exact) mass is 554 g/mol. The molecule has 0 bridgehead atoms. The zero-order valence-corrected chi connectivity index (χ0v) is 23.9. The number of esters is 3. The molecule has 3 fully saturated rings. The summed E-state index contributed by atoms with van der Waals surface area (Å²) in [5.74, 6) is -3.83. The SMILES string of the molecule is C=C1[C@H]2[C@@H]3C(=C4[C@H](O)C[C@@H](c5ccoc5)[C@]4(C)[C@@H](OC(C)=O)[C@H]3OC(C)=O)C[C@H]2C(=O)C(C)(C)[C@@H]1CC(=O)OC. The molecule has 5 rings (SSSR count). The molecule has 0 spiro atoms. The lowest BCUT2D eigenvalue weighted by molar-refractivity contribution is -0.183. The van der Waals surface area contributed by atoms with Crippen LogP contribution >= 0.6 is 0 Å². The van der Waals surface area contributed by atoms with Gasteiger partial charge in [-0.25, -0.2) is 0 Å². The third-order valence-corrected chi connectivity index (χ3v) is 10.2. The molecule has 0 amide bonds. The molecule has 1 N–H and O–H groups in total. The molecule has 9 atom stereocenters. The van der Waals surface area contributed by atoms with Crippen molar-refractivity contribution in [3.05, 3.63) is 47.5 Å². The fraction of sp³-hybridized carbons (Fsp3) is 0.613. The molecular weight excluding hydrogens is 516 g/mol. The van der Waals surface area contributed by atoms with E-state index < -0.39 is 70.7 Å². The lowest BCUT2D eigenvalue weighted by atomic mass is 9.55. The number of hydrogen-bond acceptors (Lipinski definition) is 9. The number of furan rings is 1. The molecule has 1 aromatic heterocycles. The molecule has 40 heavy (non-hydrogen) atoms. The van der Waals surface area contributed by atoms with Crippen molar-refractivity contribution < 1.29 is 42.9 Å². The average molecular weight is 555 g/mol. The number of Topliss-reactive ketones (excluding diaryl/α,β-unsaturated/α-hetero) is 1. The maximum atomic E-state index is 14.1. The molecule has 9 heteroatoms. The number of aliphatic hydroxyl groups is 1. The molecule has 4 aliphatic carbocycles. The van der Waals surface area contributed by atoms with Crippen LogP contribution in [0.5, 0.6) is 0 Å². The molecule has 3 saturated carbocycles. The summed E-state index contributed by atoms with van der Waals surface area (Å²) >= 11 is 0. The van der Waals surface area contributed by atoms with Crippen molar-refractivity contribution in [2.24, 2.45) is 34.5 Å². The minimum absolute atomic E-state index is 0.00695. The first-order chi connectivity index (χ1) is 18.7. The number of rotatable bonds is 5. The largest absolute Gasteiger partial charge is 0.472 e. The van der Waals surface area contributed by atoms with Gasteiger partial charge in [-0.1, -0.05) is 38.5 Å². The fourth-order valence-electron chi connectivity index (χ4n) is 8.61. The number of carbonyl (C=O) groups is 4. The average Bonchev–Trinajstić information content (AvgIpc) is 3.59. The standard InChI is InChI=1S/C31H38O9/c1-14-20(12-23(35)37-7)30(4,5)28(36)19-10-18-25(24(14)19)27(39-15(2)32)29(40-16(3)33)31(6)21(11-22(34)26(18)31)17-8-9-38-13-17/h8-9,13,19-22,24-25,27,29,34H,1,10-12H2,2-7H3/t19-,20-,21+,22-,24-,25+,27+,29+,31+/m1/s1. The molecule has 0 saturated heterocycles. The Bertz CT molecular complexity index is 1290. The van der Waals surface area contributed by atoms with E-state index in [-0.39, 0.29) is 18.1 Å². The van der Waals surface area contributed by atoms with Gasteiger partial charge in [0, 0.05) is 54.3 Å². The van der Waals surface area contributed by atoms with Gasteiger partial charge in [-0.2, -0.15) is 0 Å². The van der Waals surface area contributed by atoms with Crippen LogP contribution in [0, 0.1) is 34.5 Å². The lowest BCUT2D eigenvalue weighted by Gasteiger charge is -2.51. The molecule has 4 aliphatic rings. The van der Waals surface area contributed by atoms with Crippen LogP contribution in [0.15, 0.2) is 46.3 Å². The van der Waals surface area contributed by atoms with E-state index in [2.05, 4.69) is 6.58 Å². The molecule has 9 nitrogen and oxygen atoms in total. The van der Waals surface area contributed by atoms with Gasteiger partial charge in [0.25, 0.3) is 0 Å². The number of allylic oxidation sites excluding steroid dienone is 1. The van der Waals surface area contributed by atoms with E-state index in [1.807, 2.05) is 26.8 Å². The highest BCUT2D eigenvalue weighted by Gasteiger charge is 2.68. The molecule has 216 valence electrons. The highest BCUT2D eigenvalue weighted by molar-refractivity contribution is 5.91. The van der Waals surface area contributed by atoms with Gasteiger partial charge in [0.15, 0.2) is 0 Å². The van der Waals surface area contributed by atoms with Crippen molar-refractivity contribution in [3.63, 3.8) is 0 Å². The van der Waals surface area contributed by atoms with Crippen LogP contribution in [-0.4, -0.2) is 54.2 Å². The topological polar surface area (TPSA) is 129 Å². The smallest absolute Gasteiger partial charge is 0.306 e. The highest BCUT2D eigenvalue weighted by atomic mass is 16.6. The van der Waals surface area contributed by atoms with Crippen molar-refractivity contribution in [1.82, 2.24) is 0 Å². The number of hydrogen-bond donors (Lipinski definition) is 1.